The van der Waals surface area contributed by atoms with Gasteiger partial charge in [0, 0.05) is 25.7 Å². The van der Waals surface area contributed by atoms with E-state index < -0.39 is 97.5 Å². The number of phosphoric ester groups is 2. The van der Waals surface area contributed by atoms with Crippen molar-refractivity contribution in [3.05, 3.63) is 194 Å². The fourth-order valence-corrected chi connectivity index (χ4v) is 11.2. The van der Waals surface area contributed by atoms with Crippen molar-refractivity contribution in [2.75, 3.05) is 39.6 Å². The Hall–Kier alpha value is -6.10. The summed E-state index contributed by atoms with van der Waals surface area (Å²) in [6, 6.07) is 0. The smallest absolute Gasteiger partial charge is 0.462 e. The van der Waals surface area contributed by atoms with Gasteiger partial charge >= 0.3 is 39.5 Å². The van der Waals surface area contributed by atoms with Crippen LogP contribution in [0.15, 0.2) is 194 Å². The van der Waals surface area contributed by atoms with Crippen molar-refractivity contribution in [3.8, 4) is 0 Å². The van der Waals surface area contributed by atoms with Crippen LogP contribution in [0.5, 0.6) is 0 Å². The maximum absolute atomic E-state index is 13.1. The minimum Gasteiger partial charge on any atom is -0.462 e. The number of hydrogen-bond acceptors (Lipinski definition) is 15. The second-order valence-corrected chi connectivity index (χ2v) is 28.4. The lowest BCUT2D eigenvalue weighted by atomic mass is 10.1. The highest BCUT2D eigenvalue weighted by molar-refractivity contribution is 7.47. The summed E-state index contributed by atoms with van der Waals surface area (Å²) >= 11 is 0. The number of hydrogen-bond donors (Lipinski definition) is 3. The molecule has 0 spiro atoms. The number of rotatable bonds is 72. The Morgan fingerprint density at radius 1 is 0.264 bits per heavy atom. The largest absolute Gasteiger partial charge is 0.472 e. The summed E-state index contributed by atoms with van der Waals surface area (Å²) in [6.45, 7) is 4.25. The molecule has 0 radical (unpaired) electrons. The van der Waals surface area contributed by atoms with Crippen LogP contribution in [0.3, 0.4) is 0 Å². The fourth-order valence-electron chi connectivity index (χ4n) is 9.66. The van der Waals surface area contributed by atoms with Crippen molar-refractivity contribution in [2.24, 2.45) is 0 Å². The second kappa shape index (κ2) is 77.1. The molecule has 0 rings (SSSR count). The van der Waals surface area contributed by atoms with E-state index in [1.807, 2.05) is 12.2 Å². The summed E-state index contributed by atoms with van der Waals surface area (Å²) in [7, 11) is -10.0. The first-order valence-corrected chi connectivity index (χ1v) is 42.7. The van der Waals surface area contributed by atoms with Crippen molar-refractivity contribution in [1.82, 2.24) is 0 Å². The molecule has 0 amide bonds. The van der Waals surface area contributed by atoms with E-state index in [1.165, 1.54) is 0 Å². The van der Waals surface area contributed by atoms with Gasteiger partial charge in [-0.1, -0.05) is 267 Å². The van der Waals surface area contributed by atoms with Crippen LogP contribution >= 0.6 is 15.6 Å². The topological polar surface area (TPSA) is 237 Å². The fraction of sp³-hybridized carbons (Fsp3) is 0.586. The lowest BCUT2D eigenvalue weighted by molar-refractivity contribution is -0.161. The molecule has 0 heterocycles. The number of aliphatic hydroxyl groups is 1. The van der Waals surface area contributed by atoms with E-state index >= 15 is 0 Å². The third kappa shape index (κ3) is 76.1. The molecule has 5 unspecified atom stereocenters. The molecule has 106 heavy (non-hydrogen) atoms. The lowest BCUT2D eigenvalue weighted by Crippen LogP contribution is -2.30. The quantitative estimate of drug-likeness (QED) is 0.0169. The summed E-state index contributed by atoms with van der Waals surface area (Å²) in [5, 5.41) is 10.6. The molecule has 0 bridgehead atoms. The predicted octanol–water partition coefficient (Wildman–Crippen LogP) is 23.3. The molecular formula is C87H138O17P2. The van der Waals surface area contributed by atoms with Gasteiger partial charge in [-0.05, 0) is 173 Å². The SMILES string of the molecule is CC/C=C\C/C=C\C/C=C\C/C=C\C/C=C\CCCCCC(=O)OCC(COP(=O)(O)OCC(O)COP(=O)(O)OCC(COC(=O)CCCCCCC/C=C\C/C=C\C/C=C\CC)OC(=O)CCCCCCC/C=C\C/C=C\C/C=C\CC)OC(=O)CCC/C=C\C/C=C\C/C=C\C/C=C\C/C=C\CC. The summed E-state index contributed by atoms with van der Waals surface area (Å²) in [4.78, 5) is 73.0. The highest BCUT2D eigenvalue weighted by Gasteiger charge is 2.30. The standard InChI is InChI=1S/C87H138O17P2/c1-5-9-13-17-21-25-29-33-37-39-40-42-45-48-52-56-60-64-68-72-85(90)98-78-83(104-87(92)74-70-66-62-58-54-50-46-41-38-34-30-26-22-18-14-10-6-2)80-102-106(95,96)100-76-81(88)75-99-105(93,94)101-79-82(103-86(91)73-69-65-61-57-53-49-44-36-32-28-24-20-16-12-8-4)77-97-84(89)71-67-63-59-55-51-47-43-35-31-27-23-19-15-11-7-3/h9-16,21-28,33-38,40,42-44,46,48,50,52,58,62,81-83,88H,5-8,17-20,29-32,39,41,45,47,49,51,53-57,59-61,63-80H2,1-4H3,(H,93,94)(H,95,96)/b13-9-,14-10-,15-11-,16-12-,25-21-,26-22-,27-23-,28-24-,37-33-,38-34-,42-40-,43-35-,44-36-,50-46-,52-48-,62-58-. The van der Waals surface area contributed by atoms with E-state index in [9.17, 15) is 43.2 Å². The summed E-state index contributed by atoms with van der Waals surface area (Å²) in [5.74, 6) is -2.34. The monoisotopic (exact) mass is 1520 g/mol. The molecule has 19 heteroatoms. The zero-order valence-electron chi connectivity index (χ0n) is 65.3. The van der Waals surface area contributed by atoms with Crippen LogP contribution in [0.4, 0.5) is 0 Å². The maximum Gasteiger partial charge on any atom is 0.472 e. The Balaban J connectivity index is 5.51. The van der Waals surface area contributed by atoms with Crippen LogP contribution in [-0.4, -0.2) is 96.7 Å². The molecule has 0 saturated carbocycles. The summed E-state index contributed by atoms with van der Waals surface area (Å²) in [6.07, 6.45) is 94.2. The number of aliphatic hydroxyl groups excluding tert-OH is 1. The Bertz CT molecular complexity index is 2780. The average molecular weight is 1520 g/mol. The Morgan fingerprint density at radius 3 is 0.755 bits per heavy atom. The van der Waals surface area contributed by atoms with Crippen LogP contribution < -0.4 is 0 Å². The maximum atomic E-state index is 13.1. The Morgan fingerprint density at radius 2 is 0.472 bits per heavy atom. The first-order chi connectivity index (χ1) is 51.7. The highest BCUT2D eigenvalue weighted by Crippen LogP contribution is 2.45. The number of esters is 4. The van der Waals surface area contributed by atoms with Crippen molar-refractivity contribution in [3.63, 3.8) is 0 Å². The van der Waals surface area contributed by atoms with Crippen LogP contribution in [0, 0.1) is 0 Å². The summed E-state index contributed by atoms with van der Waals surface area (Å²) in [5.41, 5.74) is 0. The molecule has 0 aliphatic rings. The molecule has 0 fully saturated rings. The van der Waals surface area contributed by atoms with E-state index in [1.54, 1.807) is 0 Å². The van der Waals surface area contributed by atoms with E-state index in [0.717, 1.165) is 186 Å². The van der Waals surface area contributed by atoms with E-state index in [-0.39, 0.29) is 25.7 Å². The van der Waals surface area contributed by atoms with Crippen molar-refractivity contribution in [2.45, 2.75) is 290 Å². The molecule has 0 aliphatic heterocycles. The van der Waals surface area contributed by atoms with Crippen LogP contribution in [-0.2, 0) is 65.4 Å². The first kappa shape index (κ1) is 99.9. The Labute approximate surface area is 640 Å². The number of phosphoric acid groups is 2. The van der Waals surface area contributed by atoms with Gasteiger partial charge in [0.15, 0.2) is 12.2 Å². The van der Waals surface area contributed by atoms with Crippen molar-refractivity contribution >= 4 is 39.5 Å². The molecule has 0 aromatic rings. The van der Waals surface area contributed by atoms with Crippen molar-refractivity contribution in [1.29, 1.82) is 0 Å². The number of carbonyl (C=O) groups is 4. The highest BCUT2D eigenvalue weighted by atomic mass is 31.2. The zero-order chi connectivity index (χ0) is 77.4. The molecule has 17 nitrogen and oxygen atoms in total. The molecule has 0 aromatic carbocycles. The lowest BCUT2D eigenvalue weighted by Gasteiger charge is -2.21. The molecule has 3 N–H and O–H groups in total. The van der Waals surface area contributed by atoms with Crippen molar-refractivity contribution < 1.29 is 80.2 Å². The van der Waals surface area contributed by atoms with Crippen LogP contribution in [0.2, 0.25) is 0 Å². The predicted molar refractivity (Wildman–Crippen MR) is 436 cm³/mol. The third-order valence-electron chi connectivity index (χ3n) is 15.5. The minimum absolute atomic E-state index is 0.000139. The molecule has 0 saturated heterocycles. The van der Waals surface area contributed by atoms with Gasteiger partial charge in [-0.25, -0.2) is 9.13 Å². The third-order valence-corrected chi connectivity index (χ3v) is 17.4. The summed E-state index contributed by atoms with van der Waals surface area (Å²) < 4.78 is 68.5. The van der Waals surface area contributed by atoms with Crippen LogP contribution in [0.25, 0.3) is 0 Å². The van der Waals surface area contributed by atoms with Gasteiger partial charge in [0.1, 0.15) is 19.3 Å². The first-order valence-electron chi connectivity index (χ1n) is 39.7. The molecular weight excluding hydrogens is 1380 g/mol. The van der Waals surface area contributed by atoms with Gasteiger partial charge in [-0.2, -0.15) is 0 Å². The number of unbranched alkanes of at least 4 members (excludes halogenated alkanes) is 14. The number of carbonyl (C=O) groups excluding carboxylic acids is 4. The minimum atomic E-state index is -5.01. The number of allylic oxidation sites excluding steroid dienone is 32. The molecule has 598 valence electrons. The zero-order valence-corrected chi connectivity index (χ0v) is 67.1. The molecule has 0 aliphatic carbocycles. The number of ether oxygens (including phenoxy) is 4. The van der Waals surface area contributed by atoms with Gasteiger partial charge in [0.2, 0.25) is 0 Å². The molecule has 5 atom stereocenters. The van der Waals surface area contributed by atoms with Gasteiger partial charge in [-0.3, -0.25) is 37.3 Å². The van der Waals surface area contributed by atoms with Crippen LogP contribution in [0.1, 0.15) is 272 Å². The van der Waals surface area contributed by atoms with E-state index in [0.29, 0.717) is 32.1 Å². The molecule has 0 aromatic heterocycles. The van der Waals surface area contributed by atoms with E-state index in [2.05, 4.69) is 210 Å². The van der Waals surface area contributed by atoms with Gasteiger partial charge in [0.25, 0.3) is 0 Å². The Kier molecular flexibility index (Phi) is 72.6. The normalized spacial score (nSPS) is 14.9. The van der Waals surface area contributed by atoms with E-state index in [4.69, 9.17) is 37.0 Å². The van der Waals surface area contributed by atoms with Gasteiger partial charge in [0.05, 0.1) is 26.4 Å². The van der Waals surface area contributed by atoms with Gasteiger partial charge in [-0.15, -0.1) is 0 Å². The average Bonchev–Trinajstić information content (AvgIpc) is 0.902. The van der Waals surface area contributed by atoms with Gasteiger partial charge < -0.3 is 33.8 Å². The second-order valence-electron chi connectivity index (χ2n) is 25.5.